The Bertz CT molecular complexity index is 643. The molecule has 142 valence electrons. The number of nitrogens with zero attached hydrogens (tertiary/aromatic N) is 1. The Morgan fingerprint density at radius 1 is 1.38 bits per heavy atom. The third kappa shape index (κ3) is 4.53. The van der Waals surface area contributed by atoms with Crippen LogP contribution in [0, 0.1) is 0 Å². The van der Waals surface area contributed by atoms with Crippen molar-refractivity contribution in [3.05, 3.63) is 29.8 Å². The quantitative estimate of drug-likeness (QED) is 0.797. The highest BCUT2D eigenvalue weighted by atomic mass is 16.5. The first-order chi connectivity index (χ1) is 12.6. The van der Waals surface area contributed by atoms with Gasteiger partial charge in [-0.3, -0.25) is 9.59 Å². The molecule has 0 aromatic heterocycles. The van der Waals surface area contributed by atoms with Crippen molar-refractivity contribution in [3.8, 4) is 5.75 Å². The van der Waals surface area contributed by atoms with Crippen molar-refractivity contribution in [1.29, 1.82) is 0 Å². The summed E-state index contributed by atoms with van der Waals surface area (Å²) in [5, 5.41) is 9.11. The lowest BCUT2D eigenvalue weighted by Crippen LogP contribution is -2.37. The number of hydrogen-bond donors (Lipinski definition) is 1. The van der Waals surface area contributed by atoms with Crippen molar-refractivity contribution in [2.24, 2.45) is 0 Å². The molecule has 1 N–H and O–H groups in total. The van der Waals surface area contributed by atoms with E-state index in [0.717, 1.165) is 19.4 Å². The van der Waals surface area contributed by atoms with Gasteiger partial charge >= 0.3 is 5.97 Å². The Kier molecular flexibility index (Phi) is 6.11. The van der Waals surface area contributed by atoms with Crippen LogP contribution in [0.3, 0.4) is 0 Å². The molecule has 7 nitrogen and oxygen atoms in total. The lowest BCUT2D eigenvalue weighted by Gasteiger charge is -2.23. The molecule has 1 aromatic rings. The normalized spacial score (nSPS) is 25.4. The van der Waals surface area contributed by atoms with Crippen molar-refractivity contribution in [2.75, 3.05) is 26.9 Å². The minimum Gasteiger partial charge on any atom is -0.491 e. The van der Waals surface area contributed by atoms with E-state index in [1.54, 1.807) is 30.2 Å². The van der Waals surface area contributed by atoms with E-state index in [9.17, 15) is 9.59 Å². The SMILES string of the molecule is COC1CC(CC(=O)O)N(C(=O)c2cccc(OCC3CCCO3)c2)C1. The average Bonchev–Trinajstić information content (AvgIpc) is 3.28. The van der Waals surface area contributed by atoms with Gasteiger partial charge < -0.3 is 24.2 Å². The Balaban J connectivity index is 1.67. The van der Waals surface area contributed by atoms with Crippen LogP contribution in [0.1, 0.15) is 36.0 Å². The van der Waals surface area contributed by atoms with Crippen LogP contribution in [0.2, 0.25) is 0 Å². The van der Waals surface area contributed by atoms with Crippen molar-refractivity contribution < 1.29 is 28.9 Å². The molecule has 1 amide bonds. The van der Waals surface area contributed by atoms with Crippen LogP contribution in [-0.4, -0.2) is 67.0 Å². The predicted molar refractivity (Wildman–Crippen MR) is 93.4 cm³/mol. The summed E-state index contributed by atoms with van der Waals surface area (Å²) < 4.78 is 16.6. The third-order valence-electron chi connectivity index (χ3n) is 4.92. The molecule has 7 heteroatoms. The van der Waals surface area contributed by atoms with Gasteiger partial charge in [0.1, 0.15) is 12.4 Å². The van der Waals surface area contributed by atoms with E-state index in [-0.39, 0.29) is 30.6 Å². The molecule has 2 saturated heterocycles. The minimum absolute atomic E-state index is 0.0825. The van der Waals surface area contributed by atoms with E-state index in [4.69, 9.17) is 19.3 Å². The van der Waals surface area contributed by atoms with Gasteiger partial charge in [0.15, 0.2) is 0 Å². The fourth-order valence-electron chi connectivity index (χ4n) is 3.54. The second-order valence-electron chi connectivity index (χ2n) is 6.78. The lowest BCUT2D eigenvalue weighted by atomic mass is 10.1. The van der Waals surface area contributed by atoms with Gasteiger partial charge in [0.05, 0.1) is 18.6 Å². The number of benzene rings is 1. The van der Waals surface area contributed by atoms with E-state index in [2.05, 4.69) is 0 Å². The van der Waals surface area contributed by atoms with Crippen molar-refractivity contribution >= 4 is 11.9 Å². The standard InChI is InChI=1S/C19H25NO6/c1-24-17-9-14(10-18(21)22)20(11-17)19(23)13-4-2-5-15(8-13)26-12-16-6-3-7-25-16/h2,4-5,8,14,16-17H,3,6-7,9-12H2,1H3,(H,21,22). The number of carbonyl (C=O) groups excluding carboxylic acids is 1. The summed E-state index contributed by atoms with van der Waals surface area (Å²) in [6.07, 6.45) is 2.46. The van der Waals surface area contributed by atoms with Gasteiger partial charge in [0.25, 0.3) is 5.91 Å². The van der Waals surface area contributed by atoms with Crippen LogP contribution in [0.5, 0.6) is 5.75 Å². The van der Waals surface area contributed by atoms with Crippen LogP contribution in [-0.2, 0) is 14.3 Å². The van der Waals surface area contributed by atoms with Crippen molar-refractivity contribution in [1.82, 2.24) is 4.90 Å². The monoisotopic (exact) mass is 363 g/mol. The summed E-state index contributed by atoms with van der Waals surface area (Å²) in [5.41, 5.74) is 0.488. The first-order valence-corrected chi connectivity index (χ1v) is 8.97. The number of carboxylic acid groups (broad SMARTS) is 1. The topological polar surface area (TPSA) is 85.3 Å². The summed E-state index contributed by atoms with van der Waals surface area (Å²) in [6, 6.07) is 6.65. The Morgan fingerprint density at radius 3 is 2.92 bits per heavy atom. The maximum Gasteiger partial charge on any atom is 0.305 e. The van der Waals surface area contributed by atoms with Crippen LogP contribution < -0.4 is 4.74 Å². The van der Waals surface area contributed by atoms with E-state index < -0.39 is 5.97 Å². The van der Waals surface area contributed by atoms with E-state index in [1.807, 2.05) is 6.07 Å². The Morgan fingerprint density at radius 2 is 2.23 bits per heavy atom. The Hall–Kier alpha value is -2.12. The lowest BCUT2D eigenvalue weighted by molar-refractivity contribution is -0.138. The first-order valence-electron chi connectivity index (χ1n) is 8.97. The molecule has 3 rings (SSSR count). The van der Waals surface area contributed by atoms with Gasteiger partial charge in [-0.1, -0.05) is 6.07 Å². The Labute approximate surface area is 152 Å². The molecule has 3 unspecified atom stereocenters. The number of amides is 1. The van der Waals surface area contributed by atoms with Crippen LogP contribution >= 0.6 is 0 Å². The molecule has 1 aromatic carbocycles. The molecule has 0 spiro atoms. The number of ether oxygens (including phenoxy) is 3. The smallest absolute Gasteiger partial charge is 0.305 e. The largest absolute Gasteiger partial charge is 0.491 e. The average molecular weight is 363 g/mol. The van der Waals surface area contributed by atoms with E-state index >= 15 is 0 Å². The van der Waals surface area contributed by atoms with Crippen LogP contribution in [0.25, 0.3) is 0 Å². The van der Waals surface area contributed by atoms with Crippen molar-refractivity contribution in [2.45, 2.75) is 43.9 Å². The third-order valence-corrected chi connectivity index (χ3v) is 4.92. The second-order valence-corrected chi connectivity index (χ2v) is 6.78. The molecule has 2 fully saturated rings. The molecule has 0 saturated carbocycles. The highest BCUT2D eigenvalue weighted by Crippen LogP contribution is 2.26. The molecular weight excluding hydrogens is 338 g/mol. The number of rotatable bonds is 7. The highest BCUT2D eigenvalue weighted by molar-refractivity contribution is 5.95. The van der Waals surface area contributed by atoms with Gasteiger partial charge in [-0.2, -0.15) is 0 Å². The fraction of sp³-hybridized carbons (Fsp3) is 0.579. The molecule has 2 aliphatic heterocycles. The second kappa shape index (κ2) is 8.51. The minimum atomic E-state index is -0.918. The molecule has 26 heavy (non-hydrogen) atoms. The van der Waals surface area contributed by atoms with Crippen LogP contribution in [0.4, 0.5) is 0 Å². The van der Waals surface area contributed by atoms with Gasteiger partial charge in [-0.15, -0.1) is 0 Å². The molecule has 2 heterocycles. The number of carbonyl (C=O) groups is 2. The zero-order valence-electron chi connectivity index (χ0n) is 14.9. The van der Waals surface area contributed by atoms with E-state index in [0.29, 0.717) is 30.9 Å². The molecular formula is C19H25NO6. The summed E-state index contributed by atoms with van der Waals surface area (Å²) >= 11 is 0. The maximum absolute atomic E-state index is 12.9. The van der Waals surface area contributed by atoms with Gasteiger partial charge in [-0.25, -0.2) is 0 Å². The predicted octanol–water partition coefficient (Wildman–Crippen LogP) is 1.95. The number of aliphatic carboxylic acids is 1. The number of likely N-dealkylation sites (tertiary alicyclic amines) is 1. The first kappa shape index (κ1) is 18.7. The van der Waals surface area contributed by atoms with Gasteiger partial charge in [0, 0.05) is 31.9 Å². The molecule has 2 aliphatic rings. The zero-order valence-corrected chi connectivity index (χ0v) is 14.9. The fourth-order valence-corrected chi connectivity index (χ4v) is 3.54. The number of hydrogen-bond acceptors (Lipinski definition) is 5. The maximum atomic E-state index is 12.9. The summed E-state index contributed by atoms with van der Waals surface area (Å²) in [6.45, 7) is 1.64. The van der Waals surface area contributed by atoms with Crippen LogP contribution in [0.15, 0.2) is 24.3 Å². The molecule has 0 radical (unpaired) electrons. The zero-order chi connectivity index (χ0) is 18.5. The van der Waals surface area contributed by atoms with E-state index in [1.165, 1.54) is 0 Å². The van der Waals surface area contributed by atoms with Gasteiger partial charge in [0.2, 0.25) is 0 Å². The summed E-state index contributed by atoms with van der Waals surface area (Å²) in [7, 11) is 1.58. The number of carboxylic acids is 1. The summed E-state index contributed by atoms with van der Waals surface area (Å²) in [5.74, 6) is -0.500. The molecule has 0 bridgehead atoms. The molecule has 0 aliphatic carbocycles. The van der Waals surface area contributed by atoms with Gasteiger partial charge in [-0.05, 0) is 37.5 Å². The highest BCUT2D eigenvalue weighted by Gasteiger charge is 2.37. The summed E-state index contributed by atoms with van der Waals surface area (Å²) in [4.78, 5) is 25.6. The number of methoxy groups -OCH3 is 1. The molecule has 3 atom stereocenters. The van der Waals surface area contributed by atoms with Crippen molar-refractivity contribution in [3.63, 3.8) is 0 Å².